The lowest BCUT2D eigenvalue weighted by Gasteiger charge is -2.22. The van der Waals surface area contributed by atoms with Crippen LogP contribution in [0.2, 0.25) is 0 Å². The summed E-state index contributed by atoms with van der Waals surface area (Å²) in [5.41, 5.74) is 0.890. The van der Waals surface area contributed by atoms with Crippen molar-refractivity contribution in [3.8, 4) is 11.5 Å². The van der Waals surface area contributed by atoms with Crippen LogP contribution in [0.5, 0.6) is 11.5 Å². The zero-order valence-corrected chi connectivity index (χ0v) is 15.0. The highest BCUT2D eigenvalue weighted by Crippen LogP contribution is 2.22. The third kappa shape index (κ3) is 5.42. The first-order chi connectivity index (χ1) is 12.0. The summed E-state index contributed by atoms with van der Waals surface area (Å²) in [7, 11) is 7.06. The number of rotatable bonds is 8. The Balaban J connectivity index is 1.88. The van der Waals surface area contributed by atoms with Crippen LogP contribution in [0.4, 0.5) is 4.79 Å². The number of amides is 2. The van der Waals surface area contributed by atoms with Crippen molar-refractivity contribution in [2.24, 2.45) is 0 Å². The van der Waals surface area contributed by atoms with E-state index in [4.69, 9.17) is 13.9 Å². The summed E-state index contributed by atoms with van der Waals surface area (Å²) in [4.78, 5) is 14.1. The van der Waals surface area contributed by atoms with Crippen molar-refractivity contribution >= 4 is 6.03 Å². The molecule has 0 bridgehead atoms. The number of methoxy groups -OCH3 is 2. The van der Waals surface area contributed by atoms with E-state index in [9.17, 15) is 4.79 Å². The van der Waals surface area contributed by atoms with Gasteiger partial charge in [0, 0.05) is 19.2 Å². The Kier molecular flexibility index (Phi) is 6.71. The second-order valence-electron chi connectivity index (χ2n) is 5.78. The maximum Gasteiger partial charge on any atom is 0.315 e. The van der Waals surface area contributed by atoms with Crippen molar-refractivity contribution in [1.82, 2.24) is 15.5 Å². The molecule has 0 aliphatic heterocycles. The standard InChI is InChI=1S/C18H25N3O4/c1-21(2)16(17-6-5-7-25-17)12-20-18(22)19-11-13-8-14(23-3)10-15(9-13)24-4/h5-10,16H,11-12H2,1-4H3,(H2,19,20,22). The van der Waals surface area contributed by atoms with E-state index in [2.05, 4.69) is 10.6 Å². The normalized spacial score (nSPS) is 11.9. The maximum atomic E-state index is 12.1. The van der Waals surface area contributed by atoms with Crippen LogP contribution in [-0.4, -0.2) is 45.8 Å². The van der Waals surface area contributed by atoms with Gasteiger partial charge in [-0.05, 0) is 43.9 Å². The van der Waals surface area contributed by atoms with E-state index in [0.29, 0.717) is 24.6 Å². The fourth-order valence-corrected chi connectivity index (χ4v) is 2.42. The predicted molar refractivity (Wildman–Crippen MR) is 94.9 cm³/mol. The number of ether oxygens (including phenoxy) is 2. The lowest BCUT2D eigenvalue weighted by atomic mass is 10.2. The van der Waals surface area contributed by atoms with Gasteiger partial charge in [-0.2, -0.15) is 0 Å². The number of urea groups is 1. The molecule has 0 aliphatic rings. The topological polar surface area (TPSA) is 76.0 Å². The minimum atomic E-state index is -0.250. The zero-order chi connectivity index (χ0) is 18.2. The average molecular weight is 347 g/mol. The van der Waals surface area contributed by atoms with E-state index in [1.165, 1.54) is 0 Å². The van der Waals surface area contributed by atoms with Crippen LogP contribution in [0.1, 0.15) is 17.4 Å². The van der Waals surface area contributed by atoms with Crippen LogP contribution in [0, 0.1) is 0 Å². The molecule has 136 valence electrons. The van der Waals surface area contributed by atoms with E-state index in [1.807, 2.05) is 43.3 Å². The molecule has 0 saturated heterocycles. The van der Waals surface area contributed by atoms with Gasteiger partial charge in [-0.3, -0.25) is 4.90 Å². The van der Waals surface area contributed by atoms with Gasteiger partial charge in [0.2, 0.25) is 0 Å². The number of hydrogen-bond acceptors (Lipinski definition) is 5. The number of likely N-dealkylation sites (N-methyl/N-ethyl adjacent to an activating group) is 1. The quantitative estimate of drug-likeness (QED) is 0.767. The Hall–Kier alpha value is -2.67. The molecular formula is C18H25N3O4. The van der Waals surface area contributed by atoms with Crippen molar-refractivity contribution in [3.05, 3.63) is 47.9 Å². The van der Waals surface area contributed by atoms with Crippen LogP contribution in [0.15, 0.2) is 41.0 Å². The van der Waals surface area contributed by atoms with Gasteiger partial charge in [0.25, 0.3) is 0 Å². The Bertz CT molecular complexity index is 649. The molecule has 7 nitrogen and oxygen atoms in total. The van der Waals surface area contributed by atoms with E-state index in [1.54, 1.807) is 26.5 Å². The number of nitrogens with zero attached hydrogens (tertiary/aromatic N) is 1. The lowest BCUT2D eigenvalue weighted by molar-refractivity contribution is 0.225. The third-order valence-electron chi connectivity index (χ3n) is 3.82. The molecule has 1 heterocycles. The molecule has 2 aromatic rings. The largest absolute Gasteiger partial charge is 0.497 e. The highest BCUT2D eigenvalue weighted by atomic mass is 16.5. The molecule has 1 unspecified atom stereocenters. The SMILES string of the molecule is COc1cc(CNC(=O)NCC(c2ccco2)N(C)C)cc(OC)c1. The van der Waals surface area contributed by atoms with Crippen molar-refractivity contribution in [2.75, 3.05) is 34.9 Å². The summed E-state index contributed by atoms with van der Waals surface area (Å²) in [5.74, 6) is 2.17. The molecule has 2 rings (SSSR count). The fraction of sp³-hybridized carbons (Fsp3) is 0.389. The van der Waals surface area contributed by atoms with Gasteiger partial charge in [-0.25, -0.2) is 4.79 Å². The number of furan rings is 1. The number of carbonyl (C=O) groups excluding carboxylic acids is 1. The van der Waals surface area contributed by atoms with Crippen molar-refractivity contribution in [3.63, 3.8) is 0 Å². The molecule has 1 aromatic heterocycles. The molecule has 7 heteroatoms. The van der Waals surface area contributed by atoms with E-state index >= 15 is 0 Å². The fourth-order valence-electron chi connectivity index (χ4n) is 2.42. The molecule has 0 spiro atoms. The van der Waals surface area contributed by atoms with Crippen molar-refractivity contribution in [1.29, 1.82) is 0 Å². The lowest BCUT2D eigenvalue weighted by Crippen LogP contribution is -2.40. The molecule has 1 aromatic carbocycles. The number of carbonyl (C=O) groups is 1. The van der Waals surface area contributed by atoms with Crippen LogP contribution in [0.3, 0.4) is 0 Å². The Morgan fingerprint density at radius 2 is 1.84 bits per heavy atom. The number of hydrogen-bond donors (Lipinski definition) is 2. The third-order valence-corrected chi connectivity index (χ3v) is 3.82. The molecule has 0 fully saturated rings. The first-order valence-electron chi connectivity index (χ1n) is 7.97. The zero-order valence-electron chi connectivity index (χ0n) is 15.0. The van der Waals surface area contributed by atoms with Crippen LogP contribution in [0.25, 0.3) is 0 Å². The highest BCUT2D eigenvalue weighted by Gasteiger charge is 2.17. The smallest absolute Gasteiger partial charge is 0.315 e. The molecule has 2 N–H and O–H groups in total. The van der Waals surface area contributed by atoms with Gasteiger partial charge >= 0.3 is 6.03 Å². The van der Waals surface area contributed by atoms with E-state index < -0.39 is 0 Å². The number of nitrogens with one attached hydrogen (secondary N) is 2. The van der Waals surface area contributed by atoms with Crippen LogP contribution < -0.4 is 20.1 Å². The molecule has 2 amide bonds. The van der Waals surface area contributed by atoms with Gasteiger partial charge in [0.15, 0.2) is 0 Å². The molecular weight excluding hydrogens is 322 g/mol. The van der Waals surface area contributed by atoms with Crippen LogP contribution in [-0.2, 0) is 6.54 Å². The van der Waals surface area contributed by atoms with Gasteiger partial charge in [0.1, 0.15) is 17.3 Å². The molecule has 0 radical (unpaired) electrons. The second kappa shape index (κ2) is 8.98. The molecule has 25 heavy (non-hydrogen) atoms. The Morgan fingerprint density at radius 1 is 1.16 bits per heavy atom. The summed E-state index contributed by atoms with van der Waals surface area (Å²) in [6, 6.07) is 8.95. The van der Waals surface area contributed by atoms with Crippen molar-refractivity contribution < 1.29 is 18.7 Å². The predicted octanol–water partition coefficient (Wildman–Crippen LogP) is 2.40. The van der Waals surface area contributed by atoms with Crippen molar-refractivity contribution in [2.45, 2.75) is 12.6 Å². The van der Waals surface area contributed by atoms with Gasteiger partial charge in [-0.1, -0.05) is 0 Å². The maximum absolute atomic E-state index is 12.1. The summed E-state index contributed by atoms with van der Waals surface area (Å²) < 4.78 is 15.9. The summed E-state index contributed by atoms with van der Waals surface area (Å²) in [6.45, 7) is 0.806. The van der Waals surface area contributed by atoms with E-state index in [0.717, 1.165) is 11.3 Å². The minimum absolute atomic E-state index is 0.0299. The Morgan fingerprint density at radius 3 is 2.36 bits per heavy atom. The second-order valence-corrected chi connectivity index (χ2v) is 5.78. The minimum Gasteiger partial charge on any atom is -0.497 e. The monoisotopic (exact) mass is 347 g/mol. The first kappa shape index (κ1) is 18.7. The molecule has 0 saturated carbocycles. The van der Waals surface area contributed by atoms with Gasteiger partial charge in [-0.15, -0.1) is 0 Å². The summed E-state index contributed by atoms with van der Waals surface area (Å²) in [5, 5.41) is 5.70. The average Bonchev–Trinajstić information content (AvgIpc) is 3.13. The van der Waals surface area contributed by atoms with Gasteiger partial charge in [0.05, 0.1) is 26.5 Å². The van der Waals surface area contributed by atoms with E-state index in [-0.39, 0.29) is 12.1 Å². The highest BCUT2D eigenvalue weighted by molar-refractivity contribution is 5.73. The first-order valence-corrected chi connectivity index (χ1v) is 7.97. The molecule has 0 aliphatic carbocycles. The Labute approximate surface area is 147 Å². The summed E-state index contributed by atoms with van der Waals surface area (Å²) in [6.07, 6.45) is 1.63. The van der Waals surface area contributed by atoms with Gasteiger partial charge < -0.3 is 24.5 Å². The molecule has 1 atom stereocenters. The number of benzene rings is 1. The van der Waals surface area contributed by atoms with Crippen LogP contribution >= 0.6 is 0 Å². The summed E-state index contributed by atoms with van der Waals surface area (Å²) >= 11 is 0.